The minimum atomic E-state index is -0.575. The average Bonchev–Trinajstić information content (AvgIpc) is 2.49. The Morgan fingerprint density at radius 1 is 1.19 bits per heavy atom. The van der Waals surface area contributed by atoms with E-state index in [1.165, 1.54) is 12.1 Å². The number of thiocarbonyl (C=S) groups is 1. The first kappa shape index (κ1) is 15.5. The third-order valence-electron chi connectivity index (χ3n) is 2.85. The zero-order chi connectivity index (χ0) is 15.4. The van der Waals surface area contributed by atoms with Gasteiger partial charge in [0.15, 0.2) is 0 Å². The van der Waals surface area contributed by atoms with Crippen molar-refractivity contribution in [3.8, 4) is 0 Å². The van der Waals surface area contributed by atoms with E-state index in [4.69, 9.17) is 18.0 Å². The molecule has 3 N–H and O–H groups in total. The number of halogens is 1. The van der Waals surface area contributed by atoms with Gasteiger partial charge in [-0.25, -0.2) is 4.39 Å². The van der Waals surface area contributed by atoms with Gasteiger partial charge >= 0.3 is 0 Å². The molecule has 0 saturated heterocycles. The molecule has 0 heterocycles. The van der Waals surface area contributed by atoms with Crippen molar-refractivity contribution in [1.29, 1.82) is 0 Å². The lowest BCUT2D eigenvalue weighted by Crippen LogP contribution is -2.14. The van der Waals surface area contributed by atoms with Crippen LogP contribution in [0.1, 0.15) is 15.9 Å². The van der Waals surface area contributed by atoms with Gasteiger partial charge < -0.3 is 11.1 Å². The molecule has 1 amide bonds. The van der Waals surface area contributed by atoms with E-state index in [-0.39, 0.29) is 16.6 Å². The van der Waals surface area contributed by atoms with Crippen LogP contribution in [0.4, 0.5) is 10.1 Å². The number of anilines is 1. The zero-order valence-electron chi connectivity index (χ0n) is 11.2. The Morgan fingerprint density at radius 2 is 1.81 bits per heavy atom. The smallest absolute Gasteiger partial charge is 0.255 e. The van der Waals surface area contributed by atoms with Gasteiger partial charge in [-0.3, -0.25) is 4.79 Å². The van der Waals surface area contributed by atoms with Crippen LogP contribution in [0.15, 0.2) is 47.4 Å². The fraction of sp³-hybridized carbons (Fsp3) is 0.0667. The summed E-state index contributed by atoms with van der Waals surface area (Å²) in [6.45, 7) is 0. The molecule has 21 heavy (non-hydrogen) atoms. The average molecular weight is 320 g/mol. The van der Waals surface area contributed by atoms with Crippen LogP contribution < -0.4 is 11.1 Å². The van der Waals surface area contributed by atoms with Crippen LogP contribution in [0.3, 0.4) is 0 Å². The molecule has 0 spiro atoms. The first-order valence-electron chi connectivity index (χ1n) is 6.06. The van der Waals surface area contributed by atoms with Gasteiger partial charge in [-0.15, -0.1) is 11.8 Å². The molecular weight excluding hydrogens is 307 g/mol. The Morgan fingerprint density at radius 3 is 2.33 bits per heavy atom. The van der Waals surface area contributed by atoms with Crippen molar-refractivity contribution in [2.24, 2.45) is 5.73 Å². The highest BCUT2D eigenvalue weighted by molar-refractivity contribution is 7.98. The van der Waals surface area contributed by atoms with Gasteiger partial charge in [-0.2, -0.15) is 0 Å². The highest BCUT2D eigenvalue weighted by Crippen LogP contribution is 2.18. The molecule has 0 unspecified atom stereocenters. The van der Waals surface area contributed by atoms with Crippen molar-refractivity contribution < 1.29 is 9.18 Å². The van der Waals surface area contributed by atoms with Crippen LogP contribution in [0.2, 0.25) is 0 Å². The monoisotopic (exact) mass is 320 g/mol. The van der Waals surface area contributed by atoms with Gasteiger partial charge in [0.25, 0.3) is 5.91 Å². The van der Waals surface area contributed by atoms with Gasteiger partial charge in [0.2, 0.25) is 0 Å². The summed E-state index contributed by atoms with van der Waals surface area (Å²) < 4.78 is 13.9. The number of carbonyl (C=O) groups excluding carboxylic acids is 1. The van der Waals surface area contributed by atoms with Crippen molar-refractivity contribution in [3.63, 3.8) is 0 Å². The molecule has 108 valence electrons. The fourth-order valence-corrected chi connectivity index (χ4v) is 2.24. The van der Waals surface area contributed by atoms with Crippen LogP contribution in [-0.4, -0.2) is 17.2 Å². The Balaban J connectivity index is 2.17. The third-order valence-corrected chi connectivity index (χ3v) is 3.83. The molecule has 0 saturated carbocycles. The summed E-state index contributed by atoms with van der Waals surface area (Å²) in [6, 6.07) is 11.3. The predicted octanol–water partition coefficient (Wildman–Crippen LogP) is 3.43. The minimum Gasteiger partial charge on any atom is -0.389 e. The van der Waals surface area contributed by atoms with Gasteiger partial charge in [0.05, 0.1) is 5.69 Å². The minimum absolute atomic E-state index is 0.0916. The summed E-state index contributed by atoms with van der Waals surface area (Å²) in [7, 11) is 0. The predicted molar refractivity (Wildman–Crippen MR) is 88.5 cm³/mol. The normalized spacial score (nSPS) is 10.2. The summed E-state index contributed by atoms with van der Waals surface area (Å²) >= 11 is 6.36. The second-order valence-electron chi connectivity index (χ2n) is 4.24. The number of hydrogen-bond donors (Lipinski definition) is 2. The van der Waals surface area contributed by atoms with Gasteiger partial charge in [-0.1, -0.05) is 12.2 Å². The maximum atomic E-state index is 13.9. The number of carbonyl (C=O) groups is 1. The van der Waals surface area contributed by atoms with Crippen molar-refractivity contribution in [2.75, 3.05) is 11.6 Å². The van der Waals surface area contributed by atoms with Crippen LogP contribution in [0.5, 0.6) is 0 Å². The SMILES string of the molecule is CSc1ccc(C(=O)Nc2ccc(C(N)=S)cc2F)cc1. The molecule has 0 radical (unpaired) electrons. The van der Waals surface area contributed by atoms with Crippen molar-refractivity contribution in [3.05, 3.63) is 59.4 Å². The van der Waals surface area contributed by atoms with E-state index < -0.39 is 5.82 Å². The molecule has 2 rings (SSSR count). The number of thioether (sulfide) groups is 1. The lowest BCUT2D eigenvalue weighted by Gasteiger charge is -2.08. The number of hydrogen-bond acceptors (Lipinski definition) is 3. The van der Waals surface area contributed by atoms with E-state index >= 15 is 0 Å². The van der Waals surface area contributed by atoms with Crippen LogP contribution in [0.25, 0.3) is 0 Å². The zero-order valence-corrected chi connectivity index (χ0v) is 12.9. The first-order valence-corrected chi connectivity index (χ1v) is 7.69. The molecule has 3 nitrogen and oxygen atoms in total. The molecule has 2 aromatic rings. The largest absolute Gasteiger partial charge is 0.389 e. The lowest BCUT2D eigenvalue weighted by atomic mass is 10.1. The number of amides is 1. The van der Waals surface area contributed by atoms with Crippen molar-refractivity contribution in [2.45, 2.75) is 4.90 Å². The maximum absolute atomic E-state index is 13.9. The third kappa shape index (κ3) is 3.80. The van der Waals surface area contributed by atoms with E-state index in [1.807, 2.05) is 18.4 Å². The molecule has 0 aliphatic carbocycles. The van der Waals surface area contributed by atoms with Crippen molar-refractivity contribution in [1.82, 2.24) is 0 Å². The molecule has 0 aliphatic rings. The molecule has 2 aromatic carbocycles. The molecule has 0 atom stereocenters. The fourth-order valence-electron chi connectivity index (χ4n) is 1.71. The second kappa shape index (κ2) is 6.69. The highest BCUT2D eigenvalue weighted by atomic mass is 32.2. The van der Waals surface area contributed by atoms with Crippen LogP contribution in [-0.2, 0) is 0 Å². The topological polar surface area (TPSA) is 55.1 Å². The maximum Gasteiger partial charge on any atom is 0.255 e. The molecule has 0 fully saturated rings. The van der Waals surface area contributed by atoms with E-state index in [9.17, 15) is 9.18 Å². The molecule has 0 aliphatic heterocycles. The second-order valence-corrected chi connectivity index (χ2v) is 5.56. The van der Waals surface area contributed by atoms with E-state index in [1.54, 1.807) is 30.0 Å². The number of nitrogens with two attached hydrogens (primary N) is 1. The number of nitrogens with one attached hydrogen (secondary N) is 1. The standard InChI is InChI=1S/C15H13FN2OS2/c1-21-11-5-2-9(3-6-11)15(19)18-13-7-4-10(14(17)20)8-12(13)16/h2-8H,1H3,(H2,17,20)(H,18,19). The quantitative estimate of drug-likeness (QED) is 0.669. The summed E-state index contributed by atoms with van der Waals surface area (Å²) in [5, 5.41) is 2.53. The van der Waals surface area contributed by atoms with Crippen LogP contribution >= 0.6 is 24.0 Å². The Hall–Kier alpha value is -1.92. The van der Waals surface area contributed by atoms with Gasteiger partial charge in [-0.05, 0) is 48.7 Å². The van der Waals surface area contributed by atoms with Gasteiger partial charge in [0.1, 0.15) is 10.8 Å². The van der Waals surface area contributed by atoms with Crippen molar-refractivity contribution >= 4 is 40.6 Å². The first-order chi connectivity index (χ1) is 10.0. The van der Waals surface area contributed by atoms with E-state index in [0.717, 1.165) is 4.90 Å². The molecule has 6 heteroatoms. The number of benzene rings is 2. The lowest BCUT2D eigenvalue weighted by molar-refractivity contribution is 0.102. The Kier molecular flexibility index (Phi) is 4.93. The molecular formula is C15H13FN2OS2. The summed E-state index contributed by atoms with van der Waals surface area (Å²) in [5.41, 5.74) is 6.40. The summed E-state index contributed by atoms with van der Waals surface area (Å²) in [5.74, 6) is -0.945. The highest BCUT2D eigenvalue weighted by Gasteiger charge is 2.10. The van der Waals surface area contributed by atoms with Crippen LogP contribution in [0, 0.1) is 5.82 Å². The summed E-state index contributed by atoms with van der Waals surface area (Å²) in [4.78, 5) is 13.2. The van der Waals surface area contributed by atoms with Gasteiger partial charge in [0, 0.05) is 16.0 Å². The van der Waals surface area contributed by atoms with E-state index in [0.29, 0.717) is 11.1 Å². The molecule has 0 aromatic heterocycles. The Labute approximate surface area is 131 Å². The Bertz CT molecular complexity index is 687. The number of rotatable bonds is 4. The summed E-state index contributed by atoms with van der Waals surface area (Å²) in [6.07, 6.45) is 1.95. The molecule has 0 bridgehead atoms. The van der Waals surface area contributed by atoms with E-state index in [2.05, 4.69) is 5.32 Å².